The third-order valence-electron chi connectivity index (χ3n) is 4.46. The van der Waals surface area contributed by atoms with Crippen LogP contribution in [0.2, 0.25) is 0 Å². The Morgan fingerprint density at radius 1 is 1.22 bits per heavy atom. The molecule has 8 nitrogen and oxygen atoms in total. The van der Waals surface area contributed by atoms with Crippen LogP contribution < -0.4 is 19.5 Å². The van der Waals surface area contributed by atoms with Crippen LogP contribution in [0.1, 0.15) is 5.82 Å². The van der Waals surface area contributed by atoms with Crippen LogP contribution in [0.5, 0.6) is 17.2 Å². The minimum Gasteiger partial charge on any atom is -0.486 e. The zero-order valence-corrected chi connectivity index (χ0v) is 17.9. The summed E-state index contributed by atoms with van der Waals surface area (Å²) >= 11 is 1.23. The Morgan fingerprint density at radius 2 is 2.03 bits per heavy atom. The molecule has 0 radical (unpaired) electrons. The summed E-state index contributed by atoms with van der Waals surface area (Å²) in [6, 6.07) is 11.4. The molecule has 0 saturated heterocycles. The van der Waals surface area contributed by atoms with E-state index in [0.29, 0.717) is 47.9 Å². The summed E-state index contributed by atoms with van der Waals surface area (Å²) in [5.41, 5.74) is 0.617. The van der Waals surface area contributed by atoms with E-state index in [-0.39, 0.29) is 24.0 Å². The number of ether oxygens (including phenoxy) is 3. The van der Waals surface area contributed by atoms with Gasteiger partial charge in [0.1, 0.15) is 19.8 Å². The Hall–Kier alpha value is -3.53. The normalized spacial score (nSPS) is 12.3. The number of carbonyl (C=O) groups is 1. The smallest absolute Gasteiger partial charge is 0.234 e. The summed E-state index contributed by atoms with van der Waals surface area (Å²) in [6.07, 6.45) is 1.69. The topological polar surface area (TPSA) is 87.5 Å². The van der Waals surface area contributed by atoms with Crippen molar-refractivity contribution in [2.24, 2.45) is 0 Å². The second kappa shape index (κ2) is 10.2. The van der Waals surface area contributed by atoms with Crippen molar-refractivity contribution < 1.29 is 23.4 Å². The Labute approximate surface area is 188 Å². The second-order valence-corrected chi connectivity index (χ2v) is 7.65. The van der Waals surface area contributed by atoms with Crippen molar-refractivity contribution in [2.75, 3.05) is 24.3 Å². The Balaban J connectivity index is 1.36. The molecule has 0 atom stereocenters. The van der Waals surface area contributed by atoms with Gasteiger partial charge < -0.3 is 19.5 Å². The molecule has 32 heavy (non-hydrogen) atoms. The fourth-order valence-corrected chi connectivity index (χ4v) is 3.76. The van der Waals surface area contributed by atoms with Crippen LogP contribution >= 0.6 is 11.8 Å². The summed E-state index contributed by atoms with van der Waals surface area (Å²) in [7, 11) is 0. The standard InChI is InChI=1S/C22H21FN4O4S/c1-2-9-27-20(13-31-17-6-4-3-5-16(17)23)25-26-22(27)32-14-21(28)24-15-7-8-18-19(12-15)30-11-10-29-18/h2-8,12H,1,9-11,13-14H2,(H,24,28). The van der Waals surface area contributed by atoms with Gasteiger partial charge in [-0.2, -0.15) is 0 Å². The molecule has 0 aliphatic carbocycles. The molecule has 2 heterocycles. The summed E-state index contributed by atoms with van der Waals surface area (Å²) in [5.74, 6) is 1.36. The number of amides is 1. The van der Waals surface area contributed by atoms with E-state index in [1.165, 1.54) is 17.8 Å². The number of hydrogen-bond acceptors (Lipinski definition) is 7. The molecule has 0 unspecified atom stereocenters. The lowest BCUT2D eigenvalue weighted by Crippen LogP contribution is -2.17. The fraction of sp³-hybridized carbons (Fsp3) is 0.227. The number of aromatic nitrogens is 3. The monoisotopic (exact) mass is 456 g/mol. The van der Waals surface area contributed by atoms with Gasteiger partial charge in [0.25, 0.3) is 0 Å². The Morgan fingerprint density at radius 3 is 2.84 bits per heavy atom. The number of allylic oxidation sites excluding steroid dienone is 1. The van der Waals surface area contributed by atoms with Gasteiger partial charge >= 0.3 is 0 Å². The third kappa shape index (κ3) is 5.20. The predicted octanol–water partition coefficient (Wildman–Crippen LogP) is 3.68. The molecule has 3 aromatic rings. The summed E-state index contributed by atoms with van der Waals surface area (Å²) < 4.78 is 32.1. The average Bonchev–Trinajstić information content (AvgIpc) is 3.19. The summed E-state index contributed by atoms with van der Waals surface area (Å²) in [6.45, 7) is 5.19. The van der Waals surface area contributed by atoms with E-state index >= 15 is 0 Å². The highest BCUT2D eigenvalue weighted by Crippen LogP contribution is 2.32. The van der Waals surface area contributed by atoms with E-state index in [1.807, 2.05) is 0 Å². The number of thioether (sulfide) groups is 1. The van der Waals surface area contributed by atoms with Gasteiger partial charge in [-0.1, -0.05) is 30.0 Å². The van der Waals surface area contributed by atoms with E-state index in [2.05, 4.69) is 22.1 Å². The van der Waals surface area contributed by atoms with Crippen LogP contribution in [0.3, 0.4) is 0 Å². The van der Waals surface area contributed by atoms with Gasteiger partial charge in [-0.25, -0.2) is 4.39 Å². The van der Waals surface area contributed by atoms with E-state index in [4.69, 9.17) is 14.2 Å². The number of carbonyl (C=O) groups excluding carboxylic acids is 1. The van der Waals surface area contributed by atoms with Gasteiger partial charge in [-0.3, -0.25) is 9.36 Å². The van der Waals surface area contributed by atoms with Crippen molar-refractivity contribution in [1.29, 1.82) is 0 Å². The molecule has 1 aromatic heterocycles. The maximum atomic E-state index is 13.8. The molecule has 0 bridgehead atoms. The largest absolute Gasteiger partial charge is 0.486 e. The third-order valence-corrected chi connectivity index (χ3v) is 5.42. The van der Waals surface area contributed by atoms with Gasteiger partial charge in [0, 0.05) is 18.3 Å². The fourth-order valence-electron chi connectivity index (χ4n) is 3.00. The van der Waals surface area contributed by atoms with Crippen LogP contribution in [0, 0.1) is 5.82 Å². The van der Waals surface area contributed by atoms with E-state index < -0.39 is 5.82 Å². The molecule has 1 amide bonds. The SMILES string of the molecule is C=CCn1c(COc2ccccc2F)nnc1SCC(=O)Nc1ccc2c(c1)OCCO2. The van der Waals surface area contributed by atoms with E-state index in [9.17, 15) is 9.18 Å². The van der Waals surface area contributed by atoms with Gasteiger partial charge in [-0.05, 0) is 24.3 Å². The quantitative estimate of drug-likeness (QED) is 0.388. The zero-order valence-electron chi connectivity index (χ0n) is 17.1. The van der Waals surface area contributed by atoms with Crippen molar-refractivity contribution in [2.45, 2.75) is 18.3 Å². The van der Waals surface area contributed by atoms with Crippen LogP contribution in [0.4, 0.5) is 10.1 Å². The highest BCUT2D eigenvalue weighted by Gasteiger charge is 2.16. The number of nitrogens with zero attached hydrogens (tertiary/aromatic N) is 3. The van der Waals surface area contributed by atoms with Crippen molar-refractivity contribution in [3.63, 3.8) is 0 Å². The summed E-state index contributed by atoms with van der Waals surface area (Å²) in [4.78, 5) is 12.4. The number of rotatable bonds is 9. The first kappa shape index (κ1) is 21.7. The lowest BCUT2D eigenvalue weighted by atomic mass is 10.2. The van der Waals surface area contributed by atoms with Crippen molar-refractivity contribution in [1.82, 2.24) is 14.8 Å². The van der Waals surface area contributed by atoms with E-state index in [1.54, 1.807) is 47.0 Å². The highest BCUT2D eigenvalue weighted by atomic mass is 32.2. The maximum Gasteiger partial charge on any atom is 0.234 e. The molecule has 1 N–H and O–H groups in total. The lowest BCUT2D eigenvalue weighted by molar-refractivity contribution is -0.113. The van der Waals surface area contributed by atoms with E-state index in [0.717, 1.165) is 0 Å². The van der Waals surface area contributed by atoms with Gasteiger partial charge in [-0.15, -0.1) is 16.8 Å². The number of para-hydroxylation sites is 1. The minimum atomic E-state index is -0.451. The molecule has 0 fully saturated rings. The molecule has 1 aliphatic rings. The maximum absolute atomic E-state index is 13.8. The number of fused-ring (bicyclic) bond motifs is 1. The van der Waals surface area contributed by atoms with Crippen LogP contribution in [-0.2, 0) is 17.9 Å². The highest BCUT2D eigenvalue weighted by molar-refractivity contribution is 7.99. The molecule has 0 spiro atoms. The number of nitrogens with one attached hydrogen (secondary N) is 1. The number of anilines is 1. The predicted molar refractivity (Wildman–Crippen MR) is 118 cm³/mol. The average molecular weight is 456 g/mol. The van der Waals surface area contributed by atoms with Crippen LogP contribution in [-0.4, -0.2) is 39.6 Å². The first-order valence-corrected chi connectivity index (χ1v) is 10.8. The van der Waals surface area contributed by atoms with Crippen molar-refractivity contribution >= 4 is 23.4 Å². The molecule has 1 aliphatic heterocycles. The molecule has 2 aromatic carbocycles. The lowest BCUT2D eigenvalue weighted by Gasteiger charge is -2.19. The van der Waals surface area contributed by atoms with Gasteiger partial charge in [0.15, 0.2) is 34.0 Å². The first-order valence-electron chi connectivity index (χ1n) is 9.86. The van der Waals surface area contributed by atoms with Crippen LogP contribution in [0.25, 0.3) is 0 Å². The van der Waals surface area contributed by atoms with Crippen LogP contribution in [0.15, 0.2) is 60.3 Å². The summed E-state index contributed by atoms with van der Waals surface area (Å²) in [5, 5.41) is 11.6. The Kier molecular flexibility index (Phi) is 6.90. The minimum absolute atomic E-state index is 0.0335. The molecule has 10 heteroatoms. The second-order valence-electron chi connectivity index (χ2n) is 6.71. The number of halogens is 1. The number of benzene rings is 2. The molecule has 4 rings (SSSR count). The molecular weight excluding hydrogens is 435 g/mol. The van der Waals surface area contributed by atoms with Gasteiger partial charge in [0.2, 0.25) is 5.91 Å². The van der Waals surface area contributed by atoms with Crippen molar-refractivity contribution in [3.8, 4) is 17.2 Å². The molecular formula is C22H21FN4O4S. The zero-order chi connectivity index (χ0) is 22.3. The first-order chi connectivity index (χ1) is 15.6. The Bertz CT molecular complexity index is 1120. The number of hydrogen-bond donors (Lipinski definition) is 1. The molecule has 0 saturated carbocycles. The molecule has 166 valence electrons. The van der Waals surface area contributed by atoms with Crippen molar-refractivity contribution in [3.05, 3.63) is 66.8 Å². The van der Waals surface area contributed by atoms with Gasteiger partial charge in [0.05, 0.1) is 5.75 Å².